The van der Waals surface area contributed by atoms with Gasteiger partial charge in [0.1, 0.15) is 6.04 Å². The Labute approximate surface area is 195 Å². The summed E-state index contributed by atoms with van der Waals surface area (Å²) in [5.41, 5.74) is 3.94. The van der Waals surface area contributed by atoms with Gasteiger partial charge in [-0.2, -0.15) is 0 Å². The number of nitrogens with zero attached hydrogens (tertiary/aromatic N) is 1. The molecule has 2 amide bonds. The fraction of sp³-hybridized carbons (Fsp3) is 0.259. The van der Waals surface area contributed by atoms with Crippen molar-refractivity contribution in [2.45, 2.75) is 39.3 Å². The van der Waals surface area contributed by atoms with Crippen LogP contribution in [0.1, 0.15) is 29.2 Å². The van der Waals surface area contributed by atoms with E-state index in [0.717, 1.165) is 22.3 Å². The van der Waals surface area contributed by atoms with Crippen LogP contribution in [0.4, 0.5) is 0 Å². The van der Waals surface area contributed by atoms with Crippen LogP contribution in [0.2, 0.25) is 5.02 Å². The predicted octanol–water partition coefficient (Wildman–Crippen LogP) is 4.97. The highest BCUT2D eigenvalue weighted by Crippen LogP contribution is 2.18. The summed E-state index contributed by atoms with van der Waals surface area (Å²) >= 11 is 6.13. The van der Waals surface area contributed by atoms with Crippen LogP contribution in [0.25, 0.3) is 0 Å². The minimum Gasteiger partial charge on any atom is -0.355 e. The van der Waals surface area contributed by atoms with Crippen molar-refractivity contribution in [3.8, 4) is 0 Å². The minimum absolute atomic E-state index is 0.110. The smallest absolute Gasteiger partial charge is 0.243 e. The maximum absolute atomic E-state index is 13.6. The number of aryl methyl sites for hydroxylation is 1. The highest BCUT2D eigenvalue weighted by atomic mass is 35.5. The summed E-state index contributed by atoms with van der Waals surface area (Å²) in [6.07, 6.45) is 0.622. The van der Waals surface area contributed by atoms with Crippen LogP contribution in [0, 0.1) is 6.92 Å². The van der Waals surface area contributed by atoms with Crippen LogP contribution >= 0.6 is 11.6 Å². The Morgan fingerprint density at radius 1 is 0.906 bits per heavy atom. The van der Waals surface area contributed by atoms with E-state index in [-0.39, 0.29) is 18.2 Å². The lowest BCUT2D eigenvalue weighted by atomic mass is 10.0. The standard InChI is InChI=1S/C27H29ClN2O2/c1-3-29-27(32)25(17-21-10-5-4-6-11-21)30(19-23-13-7-9-20(2)15-23)26(31)18-22-12-8-14-24(28)16-22/h4-16,25H,3,17-19H2,1-2H3,(H,29,32)/t25-/m0/s1. The van der Waals surface area contributed by atoms with Gasteiger partial charge in [0, 0.05) is 24.5 Å². The summed E-state index contributed by atoms with van der Waals surface area (Å²) < 4.78 is 0. The van der Waals surface area contributed by atoms with Crippen molar-refractivity contribution >= 4 is 23.4 Å². The third kappa shape index (κ3) is 6.69. The zero-order valence-electron chi connectivity index (χ0n) is 18.6. The monoisotopic (exact) mass is 448 g/mol. The first-order chi connectivity index (χ1) is 15.5. The minimum atomic E-state index is -0.621. The van der Waals surface area contributed by atoms with Gasteiger partial charge in [0.2, 0.25) is 11.8 Å². The molecule has 0 aromatic heterocycles. The zero-order valence-corrected chi connectivity index (χ0v) is 19.3. The largest absolute Gasteiger partial charge is 0.355 e. The predicted molar refractivity (Wildman–Crippen MR) is 130 cm³/mol. The van der Waals surface area contributed by atoms with E-state index in [1.54, 1.807) is 17.0 Å². The molecule has 0 aliphatic rings. The van der Waals surface area contributed by atoms with Gasteiger partial charge in [0.05, 0.1) is 6.42 Å². The normalized spacial score (nSPS) is 11.6. The molecule has 3 aromatic carbocycles. The topological polar surface area (TPSA) is 49.4 Å². The number of hydrogen-bond acceptors (Lipinski definition) is 2. The zero-order chi connectivity index (χ0) is 22.9. The Morgan fingerprint density at radius 3 is 2.28 bits per heavy atom. The second kappa shape index (κ2) is 11.5. The number of carbonyl (C=O) groups is 2. The molecule has 166 valence electrons. The highest BCUT2D eigenvalue weighted by Gasteiger charge is 2.30. The number of benzene rings is 3. The molecule has 0 saturated heterocycles. The van der Waals surface area contributed by atoms with Gasteiger partial charge in [0.25, 0.3) is 0 Å². The molecule has 0 aliphatic heterocycles. The third-order valence-electron chi connectivity index (χ3n) is 5.30. The fourth-order valence-corrected chi connectivity index (χ4v) is 3.99. The first-order valence-corrected chi connectivity index (χ1v) is 11.2. The molecular formula is C27H29ClN2O2. The highest BCUT2D eigenvalue weighted by molar-refractivity contribution is 6.30. The van der Waals surface area contributed by atoms with Gasteiger partial charge in [-0.15, -0.1) is 0 Å². The number of amides is 2. The molecule has 0 radical (unpaired) electrons. The van der Waals surface area contributed by atoms with Gasteiger partial charge in [0.15, 0.2) is 0 Å². The lowest BCUT2D eigenvalue weighted by molar-refractivity contribution is -0.140. The Hall–Kier alpha value is -3.11. The van der Waals surface area contributed by atoms with Gasteiger partial charge >= 0.3 is 0 Å². The summed E-state index contributed by atoms with van der Waals surface area (Å²) in [5, 5.41) is 3.51. The summed E-state index contributed by atoms with van der Waals surface area (Å²) in [6, 6.07) is 24.5. The summed E-state index contributed by atoms with van der Waals surface area (Å²) in [4.78, 5) is 28.4. The molecule has 0 aliphatic carbocycles. The maximum atomic E-state index is 13.6. The van der Waals surface area contributed by atoms with E-state index in [1.807, 2.05) is 74.5 Å². The lowest BCUT2D eigenvalue weighted by Gasteiger charge is -2.31. The molecule has 1 atom stereocenters. The summed E-state index contributed by atoms with van der Waals surface area (Å²) in [7, 11) is 0. The average Bonchev–Trinajstić information content (AvgIpc) is 2.77. The van der Waals surface area contributed by atoms with Crippen LogP contribution < -0.4 is 5.32 Å². The summed E-state index contributed by atoms with van der Waals surface area (Å²) in [5.74, 6) is -0.260. The van der Waals surface area contributed by atoms with E-state index < -0.39 is 6.04 Å². The quantitative estimate of drug-likeness (QED) is 0.502. The van der Waals surface area contributed by atoms with Gasteiger partial charge in [-0.25, -0.2) is 0 Å². The van der Waals surface area contributed by atoms with Crippen molar-refractivity contribution in [1.82, 2.24) is 10.2 Å². The molecule has 3 aromatic rings. The van der Waals surface area contributed by atoms with Crippen molar-refractivity contribution < 1.29 is 9.59 Å². The molecule has 1 N–H and O–H groups in total. The summed E-state index contributed by atoms with van der Waals surface area (Å²) in [6.45, 7) is 4.77. The van der Waals surface area contributed by atoms with Crippen molar-refractivity contribution in [3.63, 3.8) is 0 Å². The van der Waals surface area contributed by atoms with Gasteiger partial charge in [-0.3, -0.25) is 9.59 Å². The Balaban J connectivity index is 1.95. The molecule has 4 nitrogen and oxygen atoms in total. The van der Waals surface area contributed by atoms with E-state index in [4.69, 9.17) is 11.6 Å². The number of likely N-dealkylation sites (N-methyl/N-ethyl adjacent to an activating group) is 1. The molecule has 5 heteroatoms. The molecule has 32 heavy (non-hydrogen) atoms. The van der Waals surface area contributed by atoms with E-state index in [9.17, 15) is 9.59 Å². The maximum Gasteiger partial charge on any atom is 0.243 e. The number of hydrogen-bond donors (Lipinski definition) is 1. The molecule has 3 rings (SSSR count). The first kappa shape index (κ1) is 23.6. The van der Waals surface area contributed by atoms with Crippen molar-refractivity contribution in [2.75, 3.05) is 6.54 Å². The molecular weight excluding hydrogens is 420 g/mol. The first-order valence-electron chi connectivity index (χ1n) is 10.9. The molecule has 0 fully saturated rings. The van der Waals surface area contributed by atoms with Crippen molar-refractivity contribution in [1.29, 1.82) is 0 Å². The van der Waals surface area contributed by atoms with Gasteiger partial charge in [-0.1, -0.05) is 83.9 Å². The van der Waals surface area contributed by atoms with Crippen LogP contribution in [0.15, 0.2) is 78.9 Å². The van der Waals surface area contributed by atoms with Gasteiger partial charge in [-0.05, 0) is 42.7 Å². The van der Waals surface area contributed by atoms with Crippen molar-refractivity contribution in [2.24, 2.45) is 0 Å². The average molecular weight is 449 g/mol. The third-order valence-corrected chi connectivity index (χ3v) is 5.54. The van der Waals surface area contributed by atoms with Gasteiger partial charge < -0.3 is 10.2 Å². The number of carbonyl (C=O) groups excluding carboxylic acids is 2. The Kier molecular flexibility index (Phi) is 8.46. The van der Waals surface area contributed by atoms with E-state index >= 15 is 0 Å². The number of rotatable bonds is 9. The van der Waals surface area contributed by atoms with Crippen molar-refractivity contribution in [3.05, 3.63) is 106 Å². The van der Waals surface area contributed by atoms with Crippen LogP contribution in [0.5, 0.6) is 0 Å². The molecule has 0 saturated carbocycles. The second-order valence-corrected chi connectivity index (χ2v) is 8.35. The molecule has 0 bridgehead atoms. The van der Waals surface area contributed by atoms with E-state index in [1.165, 1.54) is 0 Å². The van der Waals surface area contributed by atoms with Crippen LogP contribution in [-0.2, 0) is 29.0 Å². The molecule has 0 unspecified atom stereocenters. The lowest BCUT2D eigenvalue weighted by Crippen LogP contribution is -2.50. The molecule has 0 spiro atoms. The Morgan fingerprint density at radius 2 is 1.59 bits per heavy atom. The molecule has 0 heterocycles. The number of nitrogens with one attached hydrogen (secondary N) is 1. The SMILES string of the molecule is CCNC(=O)[C@H](Cc1ccccc1)N(Cc1cccc(C)c1)C(=O)Cc1cccc(Cl)c1. The van der Waals surface area contributed by atoms with Crippen LogP contribution in [-0.4, -0.2) is 29.3 Å². The van der Waals surface area contributed by atoms with Crippen LogP contribution in [0.3, 0.4) is 0 Å². The van der Waals surface area contributed by atoms with E-state index in [2.05, 4.69) is 11.4 Å². The second-order valence-electron chi connectivity index (χ2n) is 7.92. The Bertz CT molecular complexity index is 1050. The fourth-order valence-electron chi connectivity index (χ4n) is 3.78. The van der Waals surface area contributed by atoms with E-state index in [0.29, 0.717) is 24.5 Å². The number of halogens is 1.